The molecule has 2 unspecified atom stereocenters. The third-order valence-corrected chi connectivity index (χ3v) is 3.07. The second kappa shape index (κ2) is 5.56. The Labute approximate surface area is 100.0 Å². The van der Waals surface area contributed by atoms with Crippen LogP contribution in [0.3, 0.4) is 0 Å². The van der Waals surface area contributed by atoms with E-state index in [9.17, 15) is 8.78 Å². The molecule has 1 aromatic carbocycles. The third-order valence-electron chi connectivity index (χ3n) is 3.07. The summed E-state index contributed by atoms with van der Waals surface area (Å²) in [6.07, 6.45) is 1.65. The fraction of sp³-hybridized carbons (Fsp3) is 0.538. The Morgan fingerprint density at radius 3 is 2.65 bits per heavy atom. The van der Waals surface area contributed by atoms with Gasteiger partial charge in [0.25, 0.3) is 0 Å². The van der Waals surface area contributed by atoms with Crippen LogP contribution < -0.4 is 5.32 Å². The van der Waals surface area contributed by atoms with Gasteiger partial charge in [0.1, 0.15) is 11.6 Å². The maximum absolute atomic E-state index is 13.7. The molecule has 0 radical (unpaired) electrons. The molecule has 4 heteroatoms. The summed E-state index contributed by atoms with van der Waals surface area (Å²) in [5, 5.41) is 3.12. The lowest BCUT2D eigenvalue weighted by Gasteiger charge is -2.25. The normalized spacial score (nSPS) is 21.7. The lowest BCUT2D eigenvalue weighted by molar-refractivity contribution is 0.0764. The Balaban J connectivity index is 2.31. The highest BCUT2D eigenvalue weighted by Crippen LogP contribution is 2.30. The molecule has 1 aliphatic heterocycles. The fourth-order valence-electron chi connectivity index (χ4n) is 2.31. The van der Waals surface area contributed by atoms with Crippen molar-refractivity contribution in [3.05, 3.63) is 35.4 Å². The first-order valence-corrected chi connectivity index (χ1v) is 6.03. The molecule has 0 spiro atoms. The predicted octanol–water partition coefficient (Wildman–Crippen LogP) is 2.79. The molecule has 1 heterocycles. The van der Waals surface area contributed by atoms with E-state index in [4.69, 9.17) is 4.74 Å². The van der Waals surface area contributed by atoms with Gasteiger partial charge in [0.15, 0.2) is 0 Å². The van der Waals surface area contributed by atoms with Crippen LogP contribution in [0.4, 0.5) is 8.78 Å². The van der Waals surface area contributed by atoms with E-state index >= 15 is 0 Å². The van der Waals surface area contributed by atoms with Gasteiger partial charge in [0.2, 0.25) is 0 Å². The fourth-order valence-corrected chi connectivity index (χ4v) is 2.31. The molecule has 0 amide bonds. The van der Waals surface area contributed by atoms with Crippen molar-refractivity contribution < 1.29 is 13.5 Å². The molecule has 1 aromatic rings. The van der Waals surface area contributed by atoms with E-state index in [1.165, 1.54) is 18.2 Å². The average molecular weight is 241 g/mol. The van der Waals surface area contributed by atoms with E-state index in [1.807, 2.05) is 6.92 Å². The largest absolute Gasteiger partial charge is 0.376 e. The zero-order chi connectivity index (χ0) is 12.3. The number of rotatable bonds is 4. The maximum Gasteiger partial charge on any atom is 0.131 e. The van der Waals surface area contributed by atoms with Gasteiger partial charge in [-0.25, -0.2) is 8.78 Å². The van der Waals surface area contributed by atoms with E-state index < -0.39 is 17.7 Å². The van der Waals surface area contributed by atoms with Crippen LogP contribution in [0, 0.1) is 11.6 Å². The van der Waals surface area contributed by atoms with Gasteiger partial charge in [-0.05, 0) is 31.5 Å². The van der Waals surface area contributed by atoms with E-state index in [2.05, 4.69) is 5.32 Å². The van der Waals surface area contributed by atoms with Gasteiger partial charge in [0, 0.05) is 12.2 Å². The number of likely N-dealkylation sites (N-methyl/N-ethyl adjacent to an activating group) is 1. The summed E-state index contributed by atoms with van der Waals surface area (Å²) >= 11 is 0. The van der Waals surface area contributed by atoms with Gasteiger partial charge in [-0.3, -0.25) is 0 Å². The van der Waals surface area contributed by atoms with Crippen molar-refractivity contribution >= 4 is 0 Å². The van der Waals surface area contributed by atoms with E-state index in [1.54, 1.807) is 0 Å². The minimum Gasteiger partial charge on any atom is -0.376 e. The topological polar surface area (TPSA) is 21.3 Å². The molecule has 0 saturated carbocycles. The second-order valence-corrected chi connectivity index (χ2v) is 4.22. The van der Waals surface area contributed by atoms with Crippen molar-refractivity contribution in [1.29, 1.82) is 0 Å². The van der Waals surface area contributed by atoms with Crippen LogP contribution in [-0.2, 0) is 4.74 Å². The molecule has 0 aliphatic carbocycles. The summed E-state index contributed by atoms with van der Waals surface area (Å²) in [4.78, 5) is 0. The first kappa shape index (κ1) is 12.5. The zero-order valence-electron chi connectivity index (χ0n) is 9.88. The molecule has 1 N–H and O–H groups in total. The number of benzene rings is 1. The highest BCUT2D eigenvalue weighted by Gasteiger charge is 2.30. The Morgan fingerprint density at radius 1 is 1.41 bits per heavy atom. The van der Waals surface area contributed by atoms with Gasteiger partial charge in [-0.2, -0.15) is 0 Å². The standard InChI is InChI=1S/C13H17F2NO/c1-2-16-13(11-7-4-8-17-11)12-9(14)5-3-6-10(12)15/h3,5-6,11,13,16H,2,4,7-8H2,1H3. The summed E-state index contributed by atoms with van der Waals surface area (Å²) in [6.45, 7) is 3.24. The molecule has 2 atom stereocenters. The van der Waals surface area contributed by atoms with Crippen LogP contribution in [0.5, 0.6) is 0 Å². The Hall–Kier alpha value is -1.00. The van der Waals surface area contributed by atoms with Crippen molar-refractivity contribution in [2.75, 3.05) is 13.2 Å². The van der Waals surface area contributed by atoms with Crippen molar-refractivity contribution in [2.45, 2.75) is 31.9 Å². The lowest BCUT2D eigenvalue weighted by Crippen LogP contribution is -2.33. The van der Waals surface area contributed by atoms with Crippen molar-refractivity contribution in [3.8, 4) is 0 Å². The molecule has 1 fully saturated rings. The molecule has 2 nitrogen and oxygen atoms in total. The van der Waals surface area contributed by atoms with Crippen LogP contribution >= 0.6 is 0 Å². The SMILES string of the molecule is CCNC(c1c(F)cccc1F)C1CCCO1. The third kappa shape index (κ3) is 2.64. The van der Waals surface area contributed by atoms with Crippen LogP contribution in [0.15, 0.2) is 18.2 Å². The van der Waals surface area contributed by atoms with Gasteiger partial charge >= 0.3 is 0 Å². The lowest BCUT2D eigenvalue weighted by atomic mass is 9.98. The monoisotopic (exact) mass is 241 g/mol. The van der Waals surface area contributed by atoms with Gasteiger partial charge < -0.3 is 10.1 Å². The smallest absolute Gasteiger partial charge is 0.131 e. The van der Waals surface area contributed by atoms with Crippen LogP contribution in [-0.4, -0.2) is 19.3 Å². The molecular formula is C13H17F2NO. The molecule has 2 rings (SSSR count). The molecule has 94 valence electrons. The minimum atomic E-state index is -0.508. The van der Waals surface area contributed by atoms with Crippen LogP contribution in [0.1, 0.15) is 31.4 Å². The summed E-state index contributed by atoms with van der Waals surface area (Å²) < 4.78 is 33.0. The molecule has 1 aliphatic rings. The zero-order valence-corrected chi connectivity index (χ0v) is 9.88. The van der Waals surface area contributed by atoms with Crippen LogP contribution in [0.25, 0.3) is 0 Å². The quantitative estimate of drug-likeness (QED) is 0.875. The molecule has 0 aromatic heterocycles. The Kier molecular flexibility index (Phi) is 4.07. The average Bonchev–Trinajstić information content (AvgIpc) is 2.80. The number of nitrogens with one attached hydrogen (secondary N) is 1. The van der Waals surface area contributed by atoms with E-state index in [-0.39, 0.29) is 11.7 Å². The van der Waals surface area contributed by atoms with Gasteiger partial charge in [0.05, 0.1) is 12.1 Å². The van der Waals surface area contributed by atoms with Gasteiger partial charge in [-0.1, -0.05) is 13.0 Å². The Bertz CT molecular complexity index is 357. The molecule has 17 heavy (non-hydrogen) atoms. The Morgan fingerprint density at radius 2 is 2.12 bits per heavy atom. The predicted molar refractivity (Wildman–Crippen MR) is 61.7 cm³/mol. The van der Waals surface area contributed by atoms with Gasteiger partial charge in [-0.15, -0.1) is 0 Å². The first-order chi connectivity index (χ1) is 8.24. The molecule has 1 saturated heterocycles. The summed E-state index contributed by atoms with van der Waals surface area (Å²) in [5.41, 5.74) is 0.0984. The van der Waals surface area contributed by atoms with Crippen LogP contribution in [0.2, 0.25) is 0 Å². The first-order valence-electron chi connectivity index (χ1n) is 6.03. The van der Waals surface area contributed by atoms with Crippen molar-refractivity contribution in [3.63, 3.8) is 0 Å². The van der Waals surface area contributed by atoms with E-state index in [0.717, 1.165) is 12.8 Å². The highest BCUT2D eigenvalue weighted by molar-refractivity contribution is 5.24. The summed E-state index contributed by atoms with van der Waals surface area (Å²) in [6, 6.07) is 3.56. The summed E-state index contributed by atoms with van der Waals surface area (Å²) in [7, 11) is 0. The van der Waals surface area contributed by atoms with E-state index in [0.29, 0.717) is 13.2 Å². The minimum absolute atomic E-state index is 0.0984. The van der Waals surface area contributed by atoms with Crippen molar-refractivity contribution in [1.82, 2.24) is 5.32 Å². The number of ether oxygens (including phenoxy) is 1. The second-order valence-electron chi connectivity index (χ2n) is 4.22. The maximum atomic E-state index is 13.7. The highest BCUT2D eigenvalue weighted by atomic mass is 19.1. The number of hydrogen-bond acceptors (Lipinski definition) is 2. The molecule has 0 bridgehead atoms. The summed E-state index contributed by atoms with van der Waals surface area (Å²) in [5.74, 6) is -1.02. The number of hydrogen-bond donors (Lipinski definition) is 1. The molecular weight excluding hydrogens is 224 g/mol. The van der Waals surface area contributed by atoms with Crippen molar-refractivity contribution in [2.24, 2.45) is 0 Å². The number of halogens is 2.